The molecule has 0 aliphatic carbocycles. The number of ether oxygens (including phenoxy) is 1. The third kappa shape index (κ3) is 6.03. The molecule has 1 aliphatic heterocycles. The number of amides is 2. The Bertz CT molecular complexity index is 1090. The first kappa shape index (κ1) is 22.2. The lowest BCUT2D eigenvalue weighted by molar-refractivity contribution is -0.137. The summed E-state index contributed by atoms with van der Waals surface area (Å²) in [6.07, 6.45) is 2.62. The fraction of sp³-hybridized carbons (Fsp3) is 0.292. The van der Waals surface area contributed by atoms with E-state index in [0.717, 1.165) is 11.3 Å². The molecule has 9 nitrogen and oxygen atoms in total. The molecule has 2 amide bonds. The molecule has 2 aromatic carbocycles. The van der Waals surface area contributed by atoms with Gasteiger partial charge in [0.05, 0.1) is 12.7 Å². The molecule has 0 atom stereocenters. The zero-order valence-corrected chi connectivity index (χ0v) is 18.1. The summed E-state index contributed by atoms with van der Waals surface area (Å²) >= 11 is 0. The van der Waals surface area contributed by atoms with Crippen LogP contribution < -0.4 is 5.32 Å². The Morgan fingerprint density at radius 2 is 1.64 bits per heavy atom. The summed E-state index contributed by atoms with van der Waals surface area (Å²) in [7, 11) is 0. The van der Waals surface area contributed by atoms with E-state index in [1.807, 2.05) is 60.7 Å². The molecule has 3 aromatic rings. The van der Waals surface area contributed by atoms with Gasteiger partial charge in [0, 0.05) is 24.7 Å². The van der Waals surface area contributed by atoms with Gasteiger partial charge in [0.2, 0.25) is 5.91 Å². The van der Waals surface area contributed by atoms with Crippen LogP contribution in [0.25, 0.3) is 0 Å². The third-order valence-electron chi connectivity index (χ3n) is 5.52. The molecule has 1 aromatic heterocycles. The second-order valence-electron chi connectivity index (χ2n) is 7.87. The first-order valence-electron chi connectivity index (χ1n) is 10.8. The number of nitrogens with one attached hydrogen (secondary N) is 1. The van der Waals surface area contributed by atoms with Crippen LogP contribution >= 0.6 is 0 Å². The quantitative estimate of drug-likeness (QED) is 0.558. The Kier molecular flexibility index (Phi) is 7.09. The number of likely N-dealkylation sites (tertiary alicyclic amines) is 1. The SMILES string of the molecule is O=C(OCC(=O)N1CCC(C(=O)Nc2ccccc2)CC1)c1cn(Cc2ccccc2)nn1. The molecule has 1 aliphatic rings. The van der Waals surface area contributed by atoms with Crippen molar-refractivity contribution in [3.8, 4) is 0 Å². The number of para-hydroxylation sites is 1. The molecule has 170 valence electrons. The van der Waals surface area contributed by atoms with Crippen LogP contribution in [0.3, 0.4) is 0 Å². The standard InChI is InChI=1S/C24H25N5O4/c30-22(28-13-11-19(12-14-28)23(31)25-20-9-5-2-6-10-20)17-33-24(32)21-16-29(27-26-21)15-18-7-3-1-4-8-18/h1-10,16,19H,11-15,17H2,(H,25,31). The summed E-state index contributed by atoms with van der Waals surface area (Å²) in [5.74, 6) is -1.18. The number of carbonyl (C=O) groups is 3. The summed E-state index contributed by atoms with van der Waals surface area (Å²) in [4.78, 5) is 38.8. The van der Waals surface area contributed by atoms with E-state index in [1.54, 1.807) is 9.58 Å². The van der Waals surface area contributed by atoms with Crippen molar-refractivity contribution in [1.29, 1.82) is 0 Å². The normalized spacial score (nSPS) is 14.0. The maximum atomic E-state index is 12.5. The molecule has 1 N–H and O–H groups in total. The van der Waals surface area contributed by atoms with E-state index >= 15 is 0 Å². The van der Waals surface area contributed by atoms with Gasteiger partial charge in [-0.15, -0.1) is 5.10 Å². The van der Waals surface area contributed by atoms with Gasteiger partial charge in [0.25, 0.3) is 5.91 Å². The van der Waals surface area contributed by atoms with Crippen molar-refractivity contribution in [1.82, 2.24) is 19.9 Å². The number of rotatable bonds is 7. The third-order valence-corrected chi connectivity index (χ3v) is 5.52. The van der Waals surface area contributed by atoms with Crippen LogP contribution in [0.15, 0.2) is 66.9 Å². The lowest BCUT2D eigenvalue weighted by Gasteiger charge is -2.31. The average molecular weight is 447 g/mol. The zero-order chi connectivity index (χ0) is 23.0. The summed E-state index contributed by atoms with van der Waals surface area (Å²) < 4.78 is 6.68. The highest BCUT2D eigenvalue weighted by Crippen LogP contribution is 2.19. The van der Waals surface area contributed by atoms with Crippen molar-refractivity contribution < 1.29 is 19.1 Å². The molecule has 0 bridgehead atoms. The number of hydrogen-bond donors (Lipinski definition) is 1. The molecule has 1 fully saturated rings. The van der Waals surface area contributed by atoms with Crippen LogP contribution in [-0.2, 0) is 20.9 Å². The summed E-state index contributed by atoms with van der Waals surface area (Å²) in [5, 5.41) is 10.7. The first-order chi connectivity index (χ1) is 16.1. The van der Waals surface area contributed by atoms with Crippen LogP contribution in [0.1, 0.15) is 28.9 Å². The maximum absolute atomic E-state index is 12.5. The number of hydrogen-bond acceptors (Lipinski definition) is 6. The molecule has 0 unspecified atom stereocenters. The van der Waals surface area contributed by atoms with Gasteiger partial charge in [-0.05, 0) is 30.5 Å². The summed E-state index contributed by atoms with van der Waals surface area (Å²) in [6.45, 7) is 0.991. The van der Waals surface area contributed by atoms with Gasteiger partial charge in [-0.1, -0.05) is 53.7 Å². The van der Waals surface area contributed by atoms with E-state index in [1.165, 1.54) is 6.20 Å². The van der Waals surface area contributed by atoms with Gasteiger partial charge in [0.1, 0.15) is 0 Å². The number of aromatic nitrogens is 3. The number of carbonyl (C=O) groups excluding carboxylic acids is 3. The van der Waals surface area contributed by atoms with Crippen molar-refractivity contribution in [3.63, 3.8) is 0 Å². The average Bonchev–Trinajstić information content (AvgIpc) is 3.32. The molecular formula is C24H25N5O4. The highest BCUT2D eigenvalue weighted by Gasteiger charge is 2.28. The van der Waals surface area contributed by atoms with E-state index in [9.17, 15) is 14.4 Å². The monoisotopic (exact) mass is 447 g/mol. The van der Waals surface area contributed by atoms with E-state index in [-0.39, 0.29) is 30.0 Å². The lowest BCUT2D eigenvalue weighted by Crippen LogP contribution is -2.43. The van der Waals surface area contributed by atoms with Gasteiger partial charge in [0.15, 0.2) is 12.3 Å². The van der Waals surface area contributed by atoms with Crippen molar-refractivity contribution >= 4 is 23.5 Å². The second-order valence-corrected chi connectivity index (χ2v) is 7.87. The number of piperidine rings is 1. The van der Waals surface area contributed by atoms with Crippen molar-refractivity contribution in [2.75, 3.05) is 25.0 Å². The number of esters is 1. The van der Waals surface area contributed by atoms with Gasteiger partial charge < -0.3 is 15.0 Å². The molecule has 0 radical (unpaired) electrons. The Labute approximate surface area is 191 Å². The predicted octanol–water partition coefficient (Wildman–Crippen LogP) is 2.36. The highest BCUT2D eigenvalue weighted by molar-refractivity contribution is 5.93. The van der Waals surface area contributed by atoms with E-state index in [0.29, 0.717) is 32.5 Å². The molecule has 9 heteroatoms. The fourth-order valence-corrected chi connectivity index (χ4v) is 3.69. The molecule has 33 heavy (non-hydrogen) atoms. The maximum Gasteiger partial charge on any atom is 0.361 e. The highest BCUT2D eigenvalue weighted by atomic mass is 16.5. The van der Waals surface area contributed by atoms with Gasteiger partial charge in [-0.25, -0.2) is 9.48 Å². The Balaban J connectivity index is 1.20. The number of anilines is 1. The summed E-state index contributed by atoms with van der Waals surface area (Å²) in [6, 6.07) is 19.0. The van der Waals surface area contributed by atoms with Crippen molar-refractivity contribution in [2.24, 2.45) is 5.92 Å². The Hall–Kier alpha value is -4.01. The molecular weight excluding hydrogens is 422 g/mol. The van der Waals surface area contributed by atoms with Gasteiger partial charge >= 0.3 is 5.97 Å². The van der Waals surface area contributed by atoms with Crippen molar-refractivity contribution in [2.45, 2.75) is 19.4 Å². The van der Waals surface area contributed by atoms with E-state index < -0.39 is 5.97 Å². The largest absolute Gasteiger partial charge is 0.451 e. The van der Waals surface area contributed by atoms with Crippen LogP contribution in [-0.4, -0.2) is 57.4 Å². The van der Waals surface area contributed by atoms with E-state index in [2.05, 4.69) is 15.6 Å². The topological polar surface area (TPSA) is 106 Å². The molecule has 0 saturated carbocycles. The number of benzene rings is 2. The van der Waals surface area contributed by atoms with Gasteiger partial charge in [-0.3, -0.25) is 9.59 Å². The van der Waals surface area contributed by atoms with Crippen LogP contribution in [0, 0.1) is 5.92 Å². The lowest BCUT2D eigenvalue weighted by atomic mass is 9.95. The fourth-order valence-electron chi connectivity index (χ4n) is 3.69. The Morgan fingerprint density at radius 1 is 0.970 bits per heavy atom. The van der Waals surface area contributed by atoms with Crippen LogP contribution in [0.2, 0.25) is 0 Å². The minimum absolute atomic E-state index is 0.0432. The zero-order valence-electron chi connectivity index (χ0n) is 18.1. The molecule has 2 heterocycles. The first-order valence-corrected chi connectivity index (χ1v) is 10.8. The molecule has 4 rings (SSSR count). The minimum atomic E-state index is -0.695. The Morgan fingerprint density at radius 3 is 2.33 bits per heavy atom. The smallest absolute Gasteiger partial charge is 0.361 e. The van der Waals surface area contributed by atoms with Crippen LogP contribution in [0.5, 0.6) is 0 Å². The minimum Gasteiger partial charge on any atom is -0.451 e. The van der Waals surface area contributed by atoms with E-state index in [4.69, 9.17) is 4.74 Å². The predicted molar refractivity (Wildman–Crippen MR) is 120 cm³/mol. The molecule has 1 saturated heterocycles. The van der Waals surface area contributed by atoms with Gasteiger partial charge in [-0.2, -0.15) is 0 Å². The van der Waals surface area contributed by atoms with Crippen LogP contribution in [0.4, 0.5) is 5.69 Å². The van der Waals surface area contributed by atoms with Crippen molar-refractivity contribution in [3.05, 3.63) is 78.1 Å². The second kappa shape index (κ2) is 10.5. The molecule has 0 spiro atoms. The number of nitrogens with zero attached hydrogens (tertiary/aromatic N) is 4. The summed E-state index contributed by atoms with van der Waals surface area (Å²) in [5.41, 5.74) is 1.84.